The molecule has 0 bridgehead atoms. The van der Waals surface area contributed by atoms with Crippen LogP contribution >= 0.6 is 16.1 Å². The van der Waals surface area contributed by atoms with Crippen LogP contribution in [-0.4, -0.2) is 16.1 Å². The van der Waals surface area contributed by atoms with Crippen molar-refractivity contribution in [3.05, 3.63) is 71.3 Å². The van der Waals surface area contributed by atoms with Crippen molar-refractivity contribution in [1.29, 1.82) is 0 Å². The molecule has 0 spiro atoms. The van der Waals surface area contributed by atoms with Gasteiger partial charge >= 0.3 is 0 Å². The Kier molecular flexibility index (Phi) is 5.48. The Labute approximate surface area is 157 Å². The predicted molar refractivity (Wildman–Crippen MR) is 113 cm³/mol. The third kappa shape index (κ3) is 3.42. The molecule has 136 valence electrons. The van der Waals surface area contributed by atoms with E-state index in [1.165, 1.54) is 48.9 Å². The van der Waals surface area contributed by atoms with Gasteiger partial charge in [-0.1, -0.05) is 45.0 Å². The van der Waals surface area contributed by atoms with Gasteiger partial charge < -0.3 is 0 Å². The van der Waals surface area contributed by atoms with Crippen molar-refractivity contribution in [3.8, 4) is 0 Å². The van der Waals surface area contributed by atoms with Gasteiger partial charge in [0.1, 0.15) is 11.6 Å². The van der Waals surface area contributed by atoms with Crippen LogP contribution in [0, 0.1) is 11.6 Å². The van der Waals surface area contributed by atoms with Crippen molar-refractivity contribution in [1.82, 2.24) is 0 Å². The fraction of sp³-hybridized carbons (Fsp3) is 0.318. The van der Waals surface area contributed by atoms with Crippen molar-refractivity contribution in [2.45, 2.75) is 45.4 Å². The highest BCUT2D eigenvalue weighted by molar-refractivity contribution is 7.74. The zero-order chi connectivity index (χ0) is 19.1. The highest BCUT2D eigenvalue weighted by Crippen LogP contribution is 2.55. The lowest BCUT2D eigenvalue weighted by Crippen LogP contribution is -2.36. The molecule has 2 aromatic rings. The van der Waals surface area contributed by atoms with E-state index < -0.39 is 7.92 Å². The van der Waals surface area contributed by atoms with Crippen LogP contribution in [0.5, 0.6) is 0 Å². The molecule has 0 nitrogen and oxygen atoms in total. The molecular formula is C22H24F2P2. The van der Waals surface area contributed by atoms with Gasteiger partial charge in [-0.25, -0.2) is 8.78 Å². The average molecular weight is 388 g/mol. The Balaban J connectivity index is 2.12. The first-order valence-corrected chi connectivity index (χ1v) is 11.1. The number of allylic oxidation sites excluding steroid dienone is 2. The van der Waals surface area contributed by atoms with E-state index in [0.29, 0.717) is 5.66 Å². The van der Waals surface area contributed by atoms with E-state index in [9.17, 15) is 8.78 Å². The number of halogens is 2. The van der Waals surface area contributed by atoms with Crippen LogP contribution < -0.4 is 10.6 Å². The summed E-state index contributed by atoms with van der Waals surface area (Å²) < 4.78 is 27.0. The van der Waals surface area contributed by atoms with Crippen LogP contribution in [0.15, 0.2) is 59.7 Å². The highest BCUT2D eigenvalue weighted by atomic mass is 31.1. The van der Waals surface area contributed by atoms with Crippen molar-refractivity contribution < 1.29 is 8.78 Å². The van der Waals surface area contributed by atoms with Crippen LogP contribution in [0.1, 0.15) is 34.6 Å². The molecule has 0 N–H and O–H groups in total. The Bertz CT molecular complexity index is 821. The molecule has 0 saturated heterocycles. The molecule has 0 aliphatic carbocycles. The van der Waals surface area contributed by atoms with Crippen LogP contribution in [-0.2, 0) is 0 Å². The monoisotopic (exact) mass is 388 g/mol. The molecule has 2 aromatic carbocycles. The molecule has 26 heavy (non-hydrogen) atoms. The SMILES string of the molecule is CC1=PC(C)(C(C)P(c2ccc(F)cc2)c2ccc(F)cc2)C(C)=C1C. The van der Waals surface area contributed by atoms with Crippen molar-refractivity contribution in [2.24, 2.45) is 0 Å². The van der Waals surface area contributed by atoms with Crippen LogP contribution in [0.4, 0.5) is 8.78 Å². The number of rotatable bonds is 4. The van der Waals surface area contributed by atoms with E-state index in [1.807, 2.05) is 24.3 Å². The van der Waals surface area contributed by atoms with Crippen molar-refractivity contribution in [3.63, 3.8) is 0 Å². The van der Waals surface area contributed by atoms with Crippen molar-refractivity contribution in [2.75, 3.05) is 0 Å². The van der Waals surface area contributed by atoms with E-state index >= 15 is 0 Å². The van der Waals surface area contributed by atoms with Crippen LogP contribution in [0.25, 0.3) is 0 Å². The van der Waals surface area contributed by atoms with E-state index in [0.717, 1.165) is 10.6 Å². The Morgan fingerprint density at radius 1 is 0.846 bits per heavy atom. The lowest BCUT2D eigenvalue weighted by molar-refractivity contribution is 0.628. The van der Waals surface area contributed by atoms with Gasteiger partial charge in [0.25, 0.3) is 0 Å². The zero-order valence-electron chi connectivity index (χ0n) is 15.8. The first kappa shape index (κ1) is 19.4. The summed E-state index contributed by atoms with van der Waals surface area (Å²) >= 11 is 0. The lowest BCUT2D eigenvalue weighted by Gasteiger charge is -2.38. The second-order valence-electron chi connectivity index (χ2n) is 7.09. The summed E-state index contributed by atoms with van der Waals surface area (Å²) in [7, 11) is 0.592. The first-order valence-electron chi connectivity index (χ1n) is 8.79. The molecule has 4 heteroatoms. The molecule has 1 aliphatic rings. The largest absolute Gasteiger partial charge is 0.207 e. The Hall–Kier alpha value is -1.36. The summed E-state index contributed by atoms with van der Waals surface area (Å²) in [5.74, 6) is -0.450. The molecule has 3 rings (SSSR count). The molecule has 0 aromatic heterocycles. The van der Waals surface area contributed by atoms with Crippen LogP contribution in [0.2, 0.25) is 0 Å². The third-order valence-corrected chi connectivity index (χ3v) is 10.7. The van der Waals surface area contributed by atoms with E-state index in [-0.39, 0.29) is 16.8 Å². The van der Waals surface area contributed by atoms with Gasteiger partial charge in [0.05, 0.1) is 0 Å². The summed E-state index contributed by atoms with van der Waals surface area (Å²) in [5, 5.41) is 3.71. The normalized spacial score (nSPS) is 21.9. The van der Waals surface area contributed by atoms with Crippen molar-refractivity contribution >= 4 is 32.0 Å². The first-order chi connectivity index (χ1) is 12.2. The quantitative estimate of drug-likeness (QED) is 0.561. The fourth-order valence-electron chi connectivity index (χ4n) is 3.62. The fourth-order valence-corrected chi connectivity index (χ4v) is 8.53. The van der Waals surface area contributed by atoms with Gasteiger partial charge in [0.15, 0.2) is 0 Å². The molecule has 2 atom stereocenters. The Morgan fingerprint density at radius 2 is 1.27 bits per heavy atom. The second-order valence-corrected chi connectivity index (χ2v) is 11.5. The minimum atomic E-state index is -0.749. The molecule has 1 aliphatic heterocycles. The predicted octanol–water partition coefficient (Wildman–Crippen LogP) is 6.03. The second kappa shape index (κ2) is 7.34. The summed E-state index contributed by atoms with van der Waals surface area (Å²) in [5.41, 5.74) is 3.16. The molecule has 0 amide bonds. The smallest absolute Gasteiger partial charge is 0.123 e. The minimum absolute atomic E-state index is 0.0304. The van der Waals surface area contributed by atoms with Gasteiger partial charge in [-0.3, -0.25) is 0 Å². The zero-order valence-corrected chi connectivity index (χ0v) is 17.6. The number of hydrogen-bond donors (Lipinski definition) is 0. The van der Waals surface area contributed by atoms with Gasteiger partial charge in [0, 0.05) is 10.8 Å². The maximum absolute atomic E-state index is 13.5. The molecule has 0 radical (unpaired) electrons. The van der Waals surface area contributed by atoms with E-state index in [4.69, 9.17) is 0 Å². The molecule has 0 saturated carbocycles. The average Bonchev–Trinajstić information content (AvgIpc) is 2.82. The molecular weight excluding hydrogens is 364 g/mol. The molecule has 1 heterocycles. The Morgan fingerprint density at radius 3 is 1.62 bits per heavy atom. The summed E-state index contributed by atoms with van der Waals surface area (Å²) in [6.07, 6.45) is 0. The van der Waals surface area contributed by atoms with Crippen LogP contribution in [0.3, 0.4) is 0 Å². The molecule has 0 fully saturated rings. The summed E-state index contributed by atoms with van der Waals surface area (Å²) in [6.45, 7) is 11.3. The van der Waals surface area contributed by atoms with Gasteiger partial charge in [-0.15, -0.1) is 0 Å². The highest BCUT2D eigenvalue weighted by Gasteiger charge is 2.41. The third-order valence-electron chi connectivity index (χ3n) is 5.67. The van der Waals surface area contributed by atoms with E-state index in [2.05, 4.69) is 34.6 Å². The van der Waals surface area contributed by atoms with E-state index in [1.54, 1.807) is 0 Å². The summed E-state index contributed by atoms with van der Waals surface area (Å²) in [6, 6.07) is 13.7. The summed E-state index contributed by atoms with van der Waals surface area (Å²) in [4.78, 5) is 0. The maximum Gasteiger partial charge on any atom is 0.123 e. The number of benzene rings is 2. The molecule has 2 unspecified atom stereocenters. The lowest BCUT2D eigenvalue weighted by atomic mass is 9.93. The number of hydrogen-bond acceptors (Lipinski definition) is 0. The minimum Gasteiger partial charge on any atom is -0.207 e. The van der Waals surface area contributed by atoms with Gasteiger partial charge in [-0.2, -0.15) is 0 Å². The van der Waals surface area contributed by atoms with Gasteiger partial charge in [0.2, 0.25) is 0 Å². The standard InChI is InChI=1S/C22H24F2P2/c1-14-15(2)22(5,25-16(14)3)17(4)26(20-10-6-18(23)7-11-20)21-12-8-19(24)9-13-21/h6-13,17H,1-5H3. The van der Waals surface area contributed by atoms with Gasteiger partial charge in [-0.05, 0) is 81.4 Å². The maximum atomic E-state index is 13.5. The topological polar surface area (TPSA) is 0 Å².